The van der Waals surface area contributed by atoms with Gasteiger partial charge in [-0.3, -0.25) is 4.79 Å². The van der Waals surface area contributed by atoms with Gasteiger partial charge in [0.15, 0.2) is 0 Å². The summed E-state index contributed by atoms with van der Waals surface area (Å²) in [6.45, 7) is 3.63. The first-order valence-electron chi connectivity index (χ1n) is 6.29. The first kappa shape index (κ1) is 16.2. The molecule has 0 saturated carbocycles. The van der Waals surface area contributed by atoms with Gasteiger partial charge in [-0.15, -0.1) is 0 Å². The van der Waals surface area contributed by atoms with Crippen molar-refractivity contribution in [3.8, 4) is 0 Å². The largest absolute Gasteiger partial charge is 0.393 e. The van der Waals surface area contributed by atoms with Gasteiger partial charge < -0.3 is 10.6 Å². The van der Waals surface area contributed by atoms with E-state index < -0.39 is 18.0 Å². The number of carbonyl (C=O) groups excluding carboxylic acids is 1. The van der Waals surface area contributed by atoms with Crippen LogP contribution in [0.15, 0.2) is 0 Å². The Bertz CT molecular complexity index is 357. The Balaban J connectivity index is 2.79. The molecule has 1 fully saturated rings. The van der Waals surface area contributed by atoms with Gasteiger partial charge in [0.2, 0.25) is 5.91 Å². The number of halogens is 3. The van der Waals surface area contributed by atoms with Crippen molar-refractivity contribution in [3.63, 3.8) is 0 Å². The van der Waals surface area contributed by atoms with Crippen molar-refractivity contribution >= 4 is 23.1 Å². The predicted octanol–water partition coefficient (Wildman–Crippen LogP) is 2.35. The fourth-order valence-electron chi connectivity index (χ4n) is 2.38. The van der Waals surface area contributed by atoms with Crippen molar-refractivity contribution in [2.24, 2.45) is 23.5 Å². The first-order valence-corrected chi connectivity index (χ1v) is 6.70. The normalized spacial score (nSPS) is 22.4. The number of hydrogen-bond acceptors (Lipinski definition) is 2. The van der Waals surface area contributed by atoms with Crippen LogP contribution in [0.5, 0.6) is 0 Å². The molecule has 2 unspecified atom stereocenters. The van der Waals surface area contributed by atoms with Crippen LogP contribution in [0, 0.1) is 17.8 Å². The van der Waals surface area contributed by atoms with E-state index in [9.17, 15) is 18.0 Å². The molecule has 0 aromatic carbocycles. The van der Waals surface area contributed by atoms with Gasteiger partial charge in [0.1, 0.15) is 0 Å². The fourth-order valence-corrected chi connectivity index (χ4v) is 2.75. The lowest BCUT2D eigenvalue weighted by Gasteiger charge is -2.36. The van der Waals surface area contributed by atoms with E-state index in [0.717, 1.165) is 0 Å². The molecule has 1 aliphatic rings. The van der Waals surface area contributed by atoms with E-state index in [0.29, 0.717) is 13.0 Å². The molecule has 19 heavy (non-hydrogen) atoms. The Morgan fingerprint density at radius 1 is 1.42 bits per heavy atom. The van der Waals surface area contributed by atoms with Crippen molar-refractivity contribution in [1.29, 1.82) is 0 Å². The van der Waals surface area contributed by atoms with E-state index in [1.54, 1.807) is 13.8 Å². The van der Waals surface area contributed by atoms with Crippen LogP contribution in [0.4, 0.5) is 13.2 Å². The molecule has 0 aliphatic carbocycles. The van der Waals surface area contributed by atoms with Gasteiger partial charge in [0, 0.05) is 13.1 Å². The zero-order chi connectivity index (χ0) is 14.8. The second-order valence-electron chi connectivity index (χ2n) is 5.29. The topological polar surface area (TPSA) is 46.3 Å². The van der Waals surface area contributed by atoms with Gasteiger partial charge in [-0.1, -0.05) is 26.1 Å². The molecule has 0 aromatic heterocycles. The molecule has 1 amide bonds. The molecule has 0 bridgehead atoms. The van der Waals surface area contributed by atoms with E-state index in [2.05, 4.69) is 0 Å². The maximum absolute atomic E-state index is 12.7. The van der Waals surface area contributed by atoms with E-state index in [4.69, 9.17) is 18.0 Å². The zero-order valence-electron chi connectivity index (χ0n) is 11.0. The van der Waals surface area contributed by atoms with E-state index in [1.807, 2.05) is 0 Å². The number of nitrogens with two attached hydrogens (primary N) is 1. The lowest BCUT2D eigenvalue weighted by molar-refractivity contribution is -0.188. The molecule has 1 aliphatic heterocycles. The average molecular weight is 296 g/mol. The maximum atomic E-state index is 12.7. The third kappa shape index (κ3) is 4.06. The molecule has 0 aromatic rings. The highest BCUT2D eigenvalue weighted by Gasteiger charge is 2.43. The summed E-state index contributed by atoms with van der Waals surface area (Å²) < 4.78 is 38.1. The molecule has 1 saturated heterocycles. The Morgan fingerprint density at radius 2 is 2.00 bits per heavy atom. The lowest BCUT2D eigenvalue weighted by atomic mass is 9.91. The quantitative estimate of drug-likeness (QED) is 0.813. The summed E-state index contributed by atoms with van der Waals surface area (Å²) in [6, 6.07) is 0. The number of hydrogen-bond donors (Lipinski definition) is 1. The average Bonchev–Trinajstić information content (AvgIpc) is 2.27. The molecule has 1 rings (SSSR count). The van der Waals surface area contributed by atoms with E-state index >= 15 is 0 Å². The molecule has 0 radical (unpaired) electrons. The number of likely N-dealkylation sites (tertiary alicyclic amines) is 1. The minimum Gasteiger partial charge on any atom is -0.393 e. The Labute approximate surface area is 116 Å². The number of thiocarbonyl (C=S) groups is 1. The molecule has 3 nitrogen and oxygen atoms in total. The smallest absolute Gasteiger partial charge is 0.393 e. The Kier molecular flexibility index (Phi) is 5.18. The van der Waals surface area contributed by atoms with Crippen LogP contribution in [0.2, 0.25) is 0 Å². The van der Waals surface area contributed by atoms with Crippen LogP contribution < -0.4 is 5.73 Å². The standard InChI is InChI=1S/C12H19F3N2OS/c1-7(2)9(10(16)19)11(18)17-5-3-4-8(6-17)12(13,14)15/h7-9H,3-6H2,1-2H3,(H2,16,19). The number of piperidine rings is 1. The summed E-state index contributed by atoms with van der Waals surface area (Å²) in [6.07, 6.45) is -3.82. The van der Waals surface area contributed by atoms with Gasteiger partial charge in [-0.2, -0.15) is 13.2 Å². The van der Waals surface area contributed by atoms with Crippen LogP contribution >= 0.6 is 12.2 Å². The summed E-state index contributed by atoms with van der Waals surface area (Å²) >= 11 is 4.85. The van der Waals surface area contributed by atoms with Crippen molar-refractivity contribution in [3.05, 3.63) is 0 Å². The molecule has 110 valence electrons. The highest BCUT2D eigenvalue weighted by Crippen LogP contribution is 2.33. The summed E-state index contributed by atoms with van der Waals surface area (Å²) in [5, 5.41) is 0. The minimum atomic E-state index is -4.25. The molecule has 2 N–H and O–H groups in total. The minimum absolute atomic E-state index is 0.0501. The monoisotopic (exact) mass is 296 g/mol. The molecular formula is C12H19F3N2OS. The summed E-state index contributed by atoms with van der Waals surface area (Å²) in [4.78, 5) is 13.6. The number of amides is 1. The van der Waals surface area contributed by atoms with Crippen molar-refractivity contribution in [1.82, 2.24) is 4.90 Å². The highest BCUT2D eigenvalue weighted by molar-refractivity contribution is 7.80. The van der Waals surface area contributed by atoms with Gasteiger partial charge in [-0.05, 0) is 18.8 Å². The van der Waals surface area contributed by atoms with Gasteiger partial charge in [0.25, 0.3) is 0 Å². The summed E-state index contributed by atoms with van der Waals surface area (Å²) in [5.74, 6) is -2.61. The van der Waals surface area contributed by atoms with Crippen LogP contribution in [0.1, 0.15) is 26.7 Å². The second-order valence-corrected chi connectivity index (χ2v) is 5.76. The van der Waals surface area contributed by atoms with Crippen molar-refractivity contribution in [2.75, 3.05) is 13.1 Å². The van der Waals surface area contributed by atoms with Crippen LogP contribution in [-0.2, 0) is 4.79 Å². The number of carbonyl (C=O) groups is 1. The summed E-state index contributed by atoms with van der Waals surface area (Å²) in [5.41, 5.74) is 5.53. The van der Waals surface area contributed by atoms with Gasteiger partial charge in [-0.25, -0.2) is 0 Å². The number of alkyl halides is 3. The number of rotatable bonds is 3. The zero-order valence-corrected chi connectivity index (χ0v) is 11.9. The summed E-state index contributed by atoms with van der Waals surface area (Å²) in [7, 11) is 0. The lowest BCUT2D eigenvalue weighted by Crippen LogP contribution is -2.49. The molecule has 1 heterocycles. The maximum Gasteiger partial charge on any atom is 0.393 e. The third-order valence-electron chi connectivity index (χ3n) is 3.44. The fraction of sp³-hybridized carbons (Fsp3) is 0.833. The van der Waals surface area contributed by atoms with Crippen LogP contribution in [0.3, 0.4) is 0 Å². The molecular weight excluding hydrogens is 277 g/mol. The van der Waals surface area contributed by atoms with Gasteiger partial charge >= 0.3 is 6.18 Å². The van der Waals surface area contributed by atoms with Crippen molar-refractivity contribution in [2.45, 2.75) is 32.9 Å². The molecule has 0 spiro atoms. The molecule has 7 heteroatoms. The van der Waals surface area contributed by atoms with Crippen LogP contribution in [-0.4, -0.2) is 35.1 Å². The third-order valence-corrected chi connectivity index (χ3v) is 3.69. The van der Waals surface area contributed by atoms with Crippen molar-refractivity contribution < 1.29 is 18.0 Å². The predicted molar refractivity (Wildman–Crippen MR) is 70.5 cm³/mol. The van der Waals surface area contributed by atoms with Crippen LogP contribution in [0.25, 0.3) is 0 Å². The van der Waals surface area contributed by atoms with Gasteiger partial charge in [0.05, 0.1) is 16.8 Å². The Morgan fingerprint density at radius 3 is 2.42 bits per heavy atom. The van der Waals surface area contributed by atoms with E-state index in [1.165, 1.54) is 4.90 Å². The highest BCUT2D eigenvalue weighted by atomic mass is 32.1. The first-order chi connectivity index (χ1) is 8.64. The SMILES string of the molecule is CC(C)C(C(=O)N1CCCC(C(F)(F)F)C1)C(N)=S. The molecule has 2 atom stereocenters. The number of nitrogens with zero attached hydrogens (tertiary/aromatic N) is 1. The Hall–Kier alpha value is -0.850. The van der Waals surface area contributed by atoms with E-state index in [-0.39, 0.29) is 29.8 Å². The second kappa shape index (κ2) is 6.07.